The number of rotatable bonds is 7. The molecule has 0 unspecified atom stereocenters. The van der Waals surface area contributed by atoms with Gasteiger partial charge in [-0.25, -0.2) is 4.79 Å². The van der Waals surface area contributed by atoms with Crippen LogP contribution in [0.15, 0.2) is 65.4 Å². The minimum absolute atomic E-state index is 0.0263. The highest BCUT2D eigenvalue weighted by molar-refractivity contribution is 6.02. The van der Waals surface area contributed by atoms with Crippen molar-refractivity contribution >= 4 is 17.4 Å². The molecule has 3 rings (SSSR count). The average Bonchev–Trinajstić information content (AvgIpc) is 3.19. The second kappa shape index (κ2) is 9.21. The Hall–Kier alpha value is -3.68. The Kier molecular flexibility index (Phi) is 6.46. The molecule has 0 spiro atoms. The van der Waals surface area contributed by atoms with Crippen molar-refractivity contribution in [1.29, 1.82) is 0 Å². The van der Waals surface area contributed by atoms with Crippen molar-refractivity contribution in [3.63, 3.8) is 0 Å². The fourth-order valence-corrected chi connectivity index (χ4v) is 3.29. The molecule has 0 fully saturated rings. The molecule has 8 heteroatoms. The van der Waals surface area contributed by atoms with Crippen LogP contribution in [0.5, 0.6) is 5.75 Å². The van der Waals surface area contributed by atoms with Gasteiger partial charge < -0.3 is 9.47 Å². The molecule has 1 atom stereocenters. The topological polar surface area (TPSA) is 94.3 Å². The lowest BCUT2D eigenvalue weighted by Gasteiger charge is -2.24. The van der Waals surface area contributed by atoms with E-state index in [1.54, 1.807) is 38.1 Å². The summed E-state index contributed by atoms with van der Waals surface area (Å²) in [6.07, 6.45) is 1.99. The fraction of sp³-hybridized carbons (Fsp3) is 0.273. The summed E-state index contributed by atoms with van der Waals surface area (Å²) in [6, 6.07) is 13.8. The van der Waals surface area contributed by atoms with Crippen molar-refractivity contribution < 1.29 is 19.2 Å². The van der Waals surface area contributed by atoms with E-state index in [9.17, 15) is 14.9 Å². The molecule has 0 amide bonds. The summed E-state index contributed by atoms with van der Waals surface area (Å²) in [4.78, 5) is 22.5. The molecule has 0 bridgehead atoms. The number of carbonyl (C=O) groups is 1. The molecule has 0 aromatic heterocycles. The van der Waals surface area contributed by atoms with Crippen LogP contribution in [-0.4, -0.2) is 35.3 Å². The smallest absolute Gasteiger partial charge is 0.332 e. The first-order chi connectivity index (χ1) is 14.4. The largest absolute Gasteiger partial charge is 0.497 e. The number of nitro benzene ring substituents is 1. The monoisotopic (exact) mass is 409 g/mol. The first-order valence-corrected chi connectivity index (χ1v) is 9.53. The third-order valence-corrected chi connectivity index (χ3v) is 4.80. The number of allylic oxidation sites excluding steroid dienone is 1. The fourth-order valence-electron chi connectivity index (χ4n) is 3.29. The van der Waals surface area contributed by atoms with E-state index in [4.69, 9.17) is 14.6 Å². The Morgan fingerprint density at radius 1 is 1.23 bits per heavy atom. The SMILES string of the molecule is CCOC(=O)/C=C(\C)N1N=C(c2ccc(OC)cc2)C[C@H]1c1ccc([N+](=O)[O-])cc1. The molecule has 1 aliphatic heterocycles. The summed E-state index contributed by atoms with van der Waals surface area (Å²) in [5.74, 6) is 0.310. The van der Waals surface area contributed by atoms with E-state index in [1.807, 2.05) is 24.3 Å². The van der Waals surface area contributed by atoms with E-state index in [0.29, 0.717) is 12.1 Å². The van der Waals surface area contributed by atoms with Crippen LogP contribution >= 0.6 is 0 Å². The molecule has 2 aromatic carbocycles. The molecule has 156 valence electrons. The van der Waals surface area contributed by atoms with Gasteiger partial charge in [0.1, 0.15) is 5.75 Å². The normalized spacial score (nSPS) is 16.2. The van der Waals surface area contributed by atoms with Crippen LogP contribution in [0.4, 0.5) is 5.69 Å². The lowest BCUT2D eigenvalue weighted by Crippen LogP contribution is -2.19. The number of methoxy groups -OCH3 is 1. The van der Waals surface area contributed by atoms with Crippen LogP contribution in [0, 0.1) is 10.1 Å². The molecular formula is C22H23N3O5. The lowest BCUT2D eigenvalue weighted by molar-refractivity contribution is -0.384. The highest BCUT2D eigenvalue weighted by atomic mass is 16.6. The molecule has 0 aliphatic carbocycles. The molecule has 0 saturated heterocycles. The van der Waals surface area contributed by atoms with Gasteiger partial charge in [0.15, 0.2) is 0 Å². The Labute approximate surface area is 174 Å². The van der Waals surface area contributed by atoms with Gasteiger partial charge in [0.2, 0.25) is 0 Å². The summed E-state index contributed by atoms with van der Waals surface area (Å²) in [6.45, 7) is 3.82. The van der Waals surface area contributed by atoms with Gasteiger partial charge in [-0.05, 0) is 49.2 Å². The van der Waals surface area contributed by atoms with Gasteiger partial charge in [0.25, 0.3) is 5.69 Å². The van der Waals surface area contributed by atoms with Crippen LogP contribution in [0.25, 0.3) is 0 Å². The second-order valence-corrected chi connectivity index (χ2v) is 6.73. The maximum atomic E-state index is 11.9. The maximum absolute atomic E-state index is 11.9. The molecule has 0 radical (unpaired) electrons. The van der Waals surface area contributed by atoms with Crippen LogP contribution in [0.2, 0.25) is 0 Å². The summed E-state index contributed by atoms with van der Waals surface area (Å²) < 4.78 is 10.2. The van der Waals surface area contributed by atoms with Crippen molar-refractivity contribution in [3.8, 4) is 5.75 Å². The highest BCUT2D eigenvalue weighted by Gasteiger charge is 2.30. The van der Waals surface area contributed by atoms with Crippen molar-refractivity contribution in [2.24, 2.45) is 5.10 Å². The number of hydrazone groups is 1. The van der Waals surface area contributed by atoms with Gasteiger partial charge in [-0.1, -0.05) is 12.1 Å². The van der Waals surface area contributed by atoms with E-state index < -0.39 is 10.9 Å². The van der Waals surface area contributed by atoms with Crippen LogP contribution in [0.3, 0.4) is 0 Å². The number of ether oxygens (including phenoxy) is 2. The quantitative estimate of drug-likeness (QED) is 0.294. The molecule has 0 N–H and O–H groups in total. The van der Waals surface area contributed by atoms with E-state index in [1.165, 1.54) is 18.2 Å². The van der Waals surface area contributed by atoms with E-state index in [0.717, 1.165) is 22.6 Å². The average molecular weight is 409 g/mol. The Bertz CT molecular complexity index is 981. The number of non-ortho nitro benzene ring substituents is 1. The summed E-state index contributed by atoms with van der Waals surface area (Å²) in [5.41, 5.74) is 3.30. The van der Waals surface area contributed by atoms with Crippen molar-refractivity contribution in [1.82, 2.24) is 5.01 Å². The number of hydrogen-bond acceptors (Lipinski definition) is 7. The van der Waals surface area contributed by atoms with Crippen LogP contribution < -0.4 is 4.74 Å². The van der Waals surface area contributed by atoms with Crippen LogP contribution in [0.1, 0.15) is 37.4 Å². The molecule has 30 heavy (non-hydrogen) atoms. The highest BCUT2D eigenvalue weighted by Crippen LogP contribution is 2.36. The number of nitro groups is 1. The number of carbonyl (C=O) groups excluding carboxylic acids is 1. The Balaban J connectivity index is 1.95. The molecule has 1 aliphatic rings. The first-order valence-electron chi connectivity index (χ1n) is 9.53. The maximum Gasteiger partial charge on any atom is 0.332 e. The third-order valence-electron chi connectivity index (χ3n) is 4.80. The number of esters is 1. The third kappa shape index (κ3) is 4.65. The molecule has 2 aromatic rings. The summed E-state index contributed by atoms with van der Waals surface area (Å²) >= 11 is 0. The second-order valence-electron chi connectivity index (χ2n) is 6.73. The zero-order valence-corrected chi connectivity index (χ0v) is 17.1. The minimum Gasteiger partial charge on any atom is -0.497 e. The number of nitrogens with zero attached hydrogens (tertiary/aromatic N) is 3. The Morgan fingerprint density at radius 3 is 2.47 bits per heavy atom. The van der Waals surface area contributed by atoms with Gasteiger partial charge in [-0.15, -0.1) is 0 Å². The van der Waals surface area contributed by atoms with Gasteiger partial charge >= 0.3 is 5.97 Å². The molecule has 0 saturated carbocycles. The number of benzene rings is 2. The first kappa shape index (κ1) is 21.0. The molecule has 1 heterocycles. The van der Waals surface area contributed by atoms with Gasteiger partial charge in [0, 0.05) is 30.3 Å². The zero-order chi connectivity index (χ0) is 21.7. The summed E-state index contributed by atoms with van der Waals surface area (Å²) in [7, 11) is 1.61. The molecule has 8 nitrogen and oxygen atoms in total. The van der Waals surface area contributed by atoms with E-state index in [-0.39, 0.29) is 18.3 Å². The van der Waals surface area contributed by atoms with Crippen molar-refractivity contribution in [2.75, 3.05) is 13.7 Å². The molecular weight excluding hydrogens is 386 g/mol. The summed E-state index contributed by atoms with van der Waals surface area (Å²) in [5, 5.41) is 17.5. The van der Waals surface area contributed by atoms with Gasteiger partial charge in [-0.2, -0.15) is 5.10 Å². The lowest BCUT2D eigenvalue weighted by atomic mass is 9.98. The van der Waals surface area contributed by atoms with E-state index in [2.05, 4.69) is 0 Å². The van der Waals surface area contributed by atoms with Crippen LogP contribution in [-0.2, 0) is 9.53 Å². The number of hydrogen-bond donors (Lipinski definition) is 0. The Morgan fingerprint density at radius 2 is 1.90 bits per heavy atom. The van der Waals surface area contributed by atoms with Gasteiger partial charge in [-0.3, -0.25) is 15.1 Å². The predicted octanol–water partition coefficient (Wildman–Crippen LogP) is 4.22. The van der Waals surface area contributed by atoms with Gasteiger partial charge in [0.05, 0.1) is 30.4 Å². The van der Waals surface area contributed by atoms with Crippen molar-refractivity contribution in [3.05, 3.63) is 81.5 Å². The minimum atomic E-state index is -0.439. The predicted molar refractivity (Wildman–Crippen MR) is 112 cm³/mol. The standard InChI is InChI=1S/C22H23N3O5/c1-4-30-22(26)13-15(2)24-21(17-5-9-18(10-6-17)25(27)28)14-20(23-24)16-7-11-19(29-3)12-8-16/h5-13,21H,4,14H2,1-3H3/b15-13+/t21-/m0/s1. The zero-order valence-electron chi connectivity index (χ0n) is 17.1. The van der Waals surface area contributed by atoms with E-state index >= 15 is 0 Å². The van der Waals surface area contributed by atoms with Crippen molar-refractivity contribution in [2.45, 2.75) is 26.3 Å².